The van der Waals surface area contributed by atoms with Crippen LogP contribution in [0, 0.1) is 0 Å². The van der Waals surface area contributed by atoms with Crippen LogP contribution in [0.5, 0.6) is 0 Å². The molecule has 0 bridgehead atoms. The summed E-state index contributed by atoms with van der Waals surface area (Å²) in [5.74, 6) is 1.63. The molecule has 3 rings (SSSR count). The Bertz CT molecular complexity index is 724. The molecule has 6 nitrogen and oxygen atoms in total. The third kappa shape index (κ3) is 3.00. The van der Waals surface area contributed by atoms with Crippen molar-refractivity contribution in [3.63, 3.8) is 0 Å². The van der Waals surface area contributed by atoms with E-state index in [9.17, 15) is 0 Å². The van der Waals surface area contributed by atoms with Gasteiger partial charge in [0.2, 0.25) is 11.9 Å². The highest BCUT2D eigenvalue weighted by atomic mass is 35.5. The number of benzene rings is 1. The quantitative estimate of drug-likeness (QED) is 0.802. The monoisotopic (exact) mass is 300 g/mol. The van der Waals surface area contributed by atoms with Gasteiger partial charge < -0.3 is 5.32 Å². The van der Waals surface area contributed by atoms with Gasteiger partial charge in [-0.2, -0.15) is 15.0 Å². The van der Waals surface area contributed by atoms with E-state index in [1.54, 1.807) is 23.3 Å². The summed E-state index contributed by atoms with van der Waals surface area (Å²) in [7, 11) is 0. The van der Waals surface area contributed by atoms with Crippen LogP contribution in [0.4, 0.5) is 5.95 Å². The second-order valence-electron chi connectivity index (χ2n) is 4.29. The average molecular weight is 301 g/mol. The Hall–Kier alpha value is -2.47. The second-order valence-corrected chi connectivity index (χ2v) is 4.73. The van der Waals surface area contributed by atoms with Crippen LogP contribution in [0.2, 0.25) is 5.02 Å². The first kappa shape index (κ1) is 13.5. The molecule has 2 aromatic heterocycles. The molecule has 0 unspecified atom stereocenters. The topological polar surface area (TPSA) is 68.5 Å². The molecule has 0 spiro atoms. The van der Waals surface area contributed by atoms with E-state index in [-0.39, 0.29) is 0 Å². The van der Waals surface area contributed by atoms with Gasteiger partial charge in [0.25, 0.3) is 0 Å². The summed E-state index contributed by atoms with van der Waals surface area (Å²) in [5.41, 5.74) is 0.877. The lowest BCUT2D eigenvalue weighted by Gasteiger charge is -2.08. The molecular weight excluding hydrogens is 288 g/mol. The van der Waals surface area contributed by atoms with Gasteiger partial charge in [-0.3, -0.25) is 4.57 Å². The number of anilines is 1. The molecule has 0 aliphatic rings. The van der Waals surface area contributed by atoms with Crippen molar-refractivity contribution in [2.24, 2.45) is 0 Å². The summed E-state index contributed by atoms with van der Waals surface area (Å²) < 4.78 is 1.74. The Kier molecular flexibility index (Phi) is 3.79. The summed E-state index contributed by atoms with van der Waals surface area (Å²) in [4.78, 5) is 17.3. The smallest absolute Gasteiger partial charge is 0.240 e. The fraction of sp³-hybridized carbons (Fsp3) is 0.143. The minimum atomic E-state index is 0.517. The van der Waals surface area contributed by atoms with E-state index in [1.165, 1.54) is 0 Å². The molecule has 21 heavy (non-hydrogen) atoms. The van der Waals surface area contributed by atoms with Crippen LogP contribution in [0.25, 0.3) is 17.3 Å². The number of hydrogen-bond acceptors (Lipinski definition) is 5. The van der Waals surface area contributed by atoms with E-state index in [0.717, 1.165) is 12.1 Å². The van der Waals surface area contributed by atoms with Gasteiger partial charge in [0.05, 0.1) is 0 Å². The van der Waals surface area contributed by atoms with Gasteiger partial charge in [0.1, 0.15) is 6.33 Å². The number of hydrogen-bond donors (Lipinski definition) is 1. The van der Waals surface area contributed by atoms with Crippen molar-refractivity contribution in [2.45, 2.75) is 6.92 Å². The summed E-state index contributed by atoms with van der Waals surface area (Å²) in [6, 6.07) is 7.38. The van der Waals surface area contributed by atoms with Gasteiger partial charge in [-0.25, -0.2) is 4.98 Å². The molecule has 0 radical (unpaired) electrons. The van der Waals surface area contributed by atoms with Gasteiger partial charge >= 0.3 is 0 Å². The van der Waals surface area contributed by atoms with Crippen molar-refractivity contribution in [2.75, 3.05) is 11.9 Å². The van der Waals surface area contributed by atoms with Crippen molar-refractivity contribution in [3.05, 3.63) is 48.0 Å². The first-order chi connectivity index (χ1) is 10.3. The maximum atomic E-state index is 5.91. The minimum Gasteiger partial charge on any atom is -0.354 e. The Labute approximate surface area is 126 Å². The van der Waals surface area contributed by atoms with Crippen molar-refractivity contribution >= 4 is 17.5 Å². The third-order valence-electron chi connectivity index (χ3n) is 2.80. The van der Waals surface area contributed by atoms with Crippen molar-refractivity contribution in [1.29, 1.82) is 0 Å². The van der Waals surface area contributed by atoms with Crippen molar-refractivity contribution in [1.82, 2.24) is 24.5 Å². The maximum absolute atomic E-state index is 5.91. The van der Waals surface area contributed by atoms with Gasteiger partial charge in [-0.05, 0) is 31.2 Å². The fourth-order valence-corrected chi connectivity index (χ4v) is 1.95. The van der Waals surface area contributed by atoms with Crippen LogP contribution in [0.3, 0.4) is 0 Å². The highest BCUT2D eigenvalue weighted by Crippen LogP contribution is 2.20. The summed E-state index contributed by atoms with van der Waals surface area (Å²) >= 11 is 5.91. The van der Waals surface area contributed by atoms with E-state index in [1.807, 2.05) is 31.2 Å². The maximum Gasteiger partial charge on any atom is 0.240 e. The Morgan fingerprint density at radius 2 is 1.95 bits per heavy atom. The predicted octanol–water partition coefficient (Wildman–Crippen LogP) is 2.81. The predicted molar refractivity (Wildman–Crippen MR) is 81.6 cm³/mol. The van der Waals surface area contributed by atoms with Gasteiger partial charge in [0.15, 0.2) is 5.82 Å². The highest BCUT2D eigenvalue weighted by Gasteiger charge is 2.09. The fourth-order valence-electron chi connectivity index (χ4n) is 1.82. The number of aromatic nitrogens is 5. The highest BCUT2D eigenvalue weighted by molar-refractivity contribution is 6.30. The molecule has 7 heteroatoms. The molecule has 0 amide bonds. The van der Waals surface area contributed by atoms with Crippen LogP contribution in [0.15, 0.2) is 43.0 Å². The number of nitrogens with one attached hydrogen (secondary N) is 1. The summed E-state index contributed by atoms with van der Waals surface area (Å²) in [5, 5.41) is 3.78. The first-order valence-electron chi connectivity index (χ1n) is 6.50. The number of halogens is 1. The molecule has 1 N–H and O–H groups in total. The van der Waals surface area contributed by atoms with Crippen LogP contribution in [-0.4, -0.2) is 31.0 Å². The van der Waals surface area contributed by atoms with Gasteiger partial charge in [-0.15, -0.1) is 0 Å². The Morgan fingerprint density at radius 1 is 1.14 bits per heavy atom. The molecule has 0 aliphatic heterocycles. The zero-order valence-electron chi connectivity index (χ0n) is 11.4. The molecule has 3 aromatic rings. The molecule has 0 saturated heterocycles. The molecule has 2 heterocycles. The van der Waals surface area contributed by atoms with E-state index in [2.05, 4.69) is 25.3 Å². The molecule has 0 atom stereocenters. The number of nitrogens with zero attached hydrogens (tertiary/aromatic N) is 5. The molecule has 1 aromatic carbocycles. The van der Waals surface area contributed by atoms with E-state index in [4.69, 9.17) is 11.6 Å². The number of imidazole rings is 1. The van der Waals surface area contributed by atoms with E-state index in [0.29, 0.717) is 22.7 Å². The Balaban J connectivity index is 2.09. The van der Waals surface area contributed by atoms with Crippen LogP contribution >= 0.6 is 11.6 Å². The zero-order valence-corrected chi connectivity index (χ0v) is 12.1. The van der Waals surface area contributed by atoms with Crippen molar-refractivity contribution < 1.29 is 0 Å². The van der Waals surface area contributed by atoms with Crippen LogP contribution in [0.1, 0.15) is 6.92 Å². The minimum absolute atomic E-state index is 0.517. The number of rotatable bonds is 4. The Morgan fingerprint density at radius 3 is 2.62 bits per heavy atom. The second kappa shape index (κ2) is 5.88. The first-order valence-corrected chi connectivity index (χ1v) is 6.88. The standard InChI is InChI=1S/C14H13ClN6/c1-2-17-13-18-12(10-3-5-11(15)6-4-10)19-14(20-13)21-8-7-16-9-21/h3-9H,2H2,1H3,(H,17,18,19,20). The lowest BCUT2D eigenvalue weighted by molar-refractivity contribution is 0.896. The van der Waals surface area contributed by atoms with Crippen LogP contribution < -0.4 is 5.32 Å². The summed E-state index contributed by atoms with van der Waals surface area (Å²) in [6.45, 7) is 2.72. The van der Waals surface area contributed by atoms with E-state index < -0.39 is 0 Å². The molecular formula is C14H13ClN6. The molecule has 0 aliphatic carbocycles. The lowest BCUT2D eigenvalue weighted by atomic mass is 10.2. The molecule has 106 valence electrons. The summed E-state index contributed by atoms with van der Waals surface area (Å²) in [6.07, 6.45) is 5.12. The molecule has 0 fully saturated rings. The van der Waals surface area contributed by atoms with Crippen LogP contribution in [-0.2, 0) is 0 Å². The largest absolute Gasteiger partial charge is 0.354 e. The zero-order chi connectivity index (χ0) is 14.7. The third-order valence-corrected chi connectivity index (χ3v) is 3.05. The average Bonchev–Trinajstić information content (AvgIpc) is 3.02. The molecule has 0 saturated carbocycles. The SMILES string of the molecule is CCNc1nc(-c2ccc(Cl)cc2)nc(-n2ccnc2)n1. The van der Waals surface area contributed by atoms with Gasteiger partial charge in [0, 0.05) is 29.5 Å². The lowest BCUT2D eigenvalue weighted by Crippen LogP contribution is -2.09. The normalized spacial score (nSPS) is 10.6. The van der Waals surface area contributed by atoms with E-state index >= 15 is 0 Å². The van der Waals surface area contributed by atoms with Gasteiger partial charge in [-0.1, -0.05) is 11.6 Å². The van der Waals surface area contributed by atoms with Crippen molar-refractivity contribution in [3.8, 4) is 17.3 Å².